The van der Waals surface area contributed by atoms with Crippen molar-refractivity contribution < 1.29 is 9.18 Å². The van der Waals surface area contributed by atoms with E-state index >= 15 is 0 Å². The van der Waals surface area contributed by atoms with Crippen LogP contribution in [0.4, 0.5) is 4.39 Å². The van der Waals surface area contributed by atoms with E-state index in [0.717, 1.165) is 16.5 Å². The molecule has 0 aliphatic carbocycles. The maximum Gasteiger partial charge on any atom is 0.241 e. The minimum absolute atomic E-state index is 0.132. The predicted octanol–water partition coefficient (Wildman–Crippen LogP) is 2.49. The second kappa shape index (κ2) is 5.75. The Labute approximate surface area is 121 Å². The molecule has 4 nitrogen and oxygen atoms in total. The van der Waals surface area contributed by atoms with Gasteiger partial charge in [-0.15, -0.1) is 0 Å². The predicted molar refractivity (Wildman–Crippen MR) is 78.0 cm³/mol. The van der Waals surface area contributed by atoms with Crippen LogP contribution >= 0.6 is 0 Å². The normalized spacial score (nSPS) is 10.7. The van der Waals surface area contributed by atoms with Crippen molar-refractivity contribution >= 4 is 16.8 Å². The van der Waals surface area contributed by atoms with Crippen molar-refractivity contribution in [2.45, 2.75) is 13.1 Å². The maximum atomic E-state index is 12.8. The molecule has 106 valence electrons. The quantitative estimate of drug-likeness (QED) is 0.799. The molecule has 0 radical (unpaired) electrons. The highest BCUT2D eigenvalue weighted by molar-refractivity contribution is 5.79. The average molecular weight is 283 g/mol. The van der Waals surface area contributed by atoms with Crippen LogP contribution in [0, 0.1) is 5.82 Å². The van der Waals surface area contributed by atoms with Crippen molar-refractivity contribution in [1.29, 1.82) is 0 Å². The molecule has 3 rings (SSSR count). The van der Waals surface area contributed by atoms with Gasteiger partial charge in [0.15, 0.2) is 0 Å². The molecule has 0 aliphatic rings. The summed E-state index contributed by atoms with van der Waals surface area (Å²) in [6, 6.07) is 13.8. The summed E-state index contributed by atoms with van der Waals surface area (Å²) in [7, 11) is 0. The second-order valence-corrected chi connectivity index (χ2v) is 4.79. The van der Waals surface area contributed by atoms with Gasteiger partial charge in [0.25, 0.3) is 0 Å². The minimum atomic E-state index is -0.284. The fourth-order valence-electron chi connectivity index (χ4n) is 2.10. The van der Waals surface area contributed by atoms with Crippen LogP contribution in [-0.4, -0.2) is 15.7 Å². The zero-order valence-electron chi connectivity index (χ0n) is 11.3. The molecule has 1 aromatic heterocycles. The molecular weight excluding hydrogens is 269 g/mol. The molecule has 0 atom stereocenters. The van der Waals surface area contributed by atoms with Gasteiger partial charge in [0.2, 0.25) is 5.91 Å². The van der Waals surface area contributed by atoms with Gasteiger partial charge in [0.05, 0.1) is 5.52 Å². The van der Waals surface area contributed by atoms with Gasteiger partial charge in [-0.1, -0.05) is 30.3 Å². The van der Waals surface area contributed by atoms with Gasteiger partial charge in [-0.05, 0) is 23.8 Å². The van der Waals surface area contributed by atoms with Crippen LogP contribution in [0.1, 0.15) is 5.56 Å². The summed E-state index contributed by atoms with van der Waals surface area (Å²) >= 11 is 0. The number of benzene rings is 2. The number of hydrogen-bond acceptors (Lipinski definition) is 2. The lowest BCUT2D eigenvalue weighted by molar-refractivity contribution is -0.122. The molecule has 0 bridgehead atoms. The van der Waals surface area contributed by atoms with Crippen LogP contribution in [-0.2, 0) is 17.9 Å². The van der Waals surface area contributed by atoms with Crippen molar-refractivity contribution in [3.63, 3.8) is 0 Å². The summed E-state index contributed by atoms with van der Waals surface area (Å²) in [5.41, 5.74) is 1.72. The SMILES string of the molecule is O=C(Cn1cc2ccccc2n1)NCc1ccc(F)cc1. The average Bonchev–Trinajstić information content (AvgIpc) is 2.88. The van der Waals surface area contributed by atoms with E-state index in [4.69, 9.17) is 0 Å². The first-order valence-corrected chi connectivity index (χ1v) is 6.64. The number of carbonyl (C=O) groups is 1. The maximum absolute atomic E-state index is 12.8. The first-order chi connectivity index (χ1) is 10.2. The Hall–Kier alpha value is -2.69. The Morgan fingerprint density at radius 1 is 1.14 bits per heavy atom. The van der Waals surface area contributed by atoms with E-state index in [1.165, 1.54) is 12.1 Å². The summed E-state index contributed by atoms with van der Waals surface area (Å²) in [6.07, 6.45) is 1.84. The third-order valence-electron chi connectivity index (χ3n) is 3.17. The second-order valence-electron chi connectivity index (χ2n) is 4.79. The van der Waals surface area contributed by atoms with E-state index < -0.39 is 0 Å². The number of amides is 1. The molecular formula is C16H14FN3O. The highest BCUT2D eigenvalue weighted by Crippen LogP contribution is 2.10. The molecule has 2 aromatic carbocycles. The van der Waals surface area contributed by atoms with Crippen LogP contribution in [0.5, 0.6) is 0 Å². The van der Waals surface area contributed by atoms with E-state index in [9.17, 15) is 9.18 Å². The largest absolute Gasteiger partial charge is 0.350 e. The van der Waals surface area contributed by atoms with Gasteiger partial charge in [-0.2, -0.15) is 5.10 Å². The Kier molecular flexibility index (Phi) is 3.64. The third kappa shape index (κ3) is 3.25. The number of fused-ring (bicyclic) bond motifs is 1. The van der Waals surface area contributed by atoms with Crippen molar-refractivity contribution in [3.05, 3.63) is 66.1 Å². The highest BCUT2D eigenvalue weighted by Gasteiger charge is 2.05. The lowest BCUT2D eigenvalue weighted by Gasteiger charge is -2.05. The fraction of sp³-hybridized carbons (Fsp3) is 0.125. The standard InChI is InChI=1S/C16H14FN3O/c17-14-7-5-12(6-8-14)9-18-16(21)11-20-10-13-3-1-2-4-15(13)19-20/h1-8,10H,9,11H2,(H,18,21). The van der Waals surface area contributed by atoms with E-state index in [0.29, 0.717) is 6.54 Å². The van der Waals surface area contributed by atoms with Crippen LogP contribution in [0.2, 0.25) is 0 Å². The molecule has 0 saturated heterocycles. The van der Waals surface area contributed by atoms with Gasteiger partial charge in [0, 0.05) is 18.1 Å². The lowest BCUT2D eigenvalue weighted by atomic mass is 10.2. The zero-order chi connectivity index (χ0) is 14.7. The minimum Gasteiger partial charge on any atom is -0.350 e. The number of aromatic nitrogens is 2. The molecule has 5 heteroatoms. The van der Waals surface area contributed by atoms with E-state index in [-0.39, 0.29) is 18.3 Å². The Morgan fingerprint density at radius 2 is 1.90 bits per heavy atom. The summed E-state index contributed by atoms with van der Waals surface area (Å²) in [5.74, 6) is -0.416. The van der Waals surface area contributed by atoms with Crippen LogP contribution in [0.25, 0.3) is 10.9 Å². The number of hydrogen-bond donors (Lipinski definition) is 1. The van der Waals surface area contributed by atoms with Crippen molar-refractivity contribution in [2.75, 3.05) is 0 Å². The number of nitrogens with one attached hydrogen (secondary N) is 1. The third-order valence-corrected chi connectivity index (χ3v) is 3.17. The van der Waals surface area contributed by atoms with Crippen LogP contribution < -0.4 is 5.32 Å². The monoisotopic (exact) mass is 283 g/mol. The zero-order valence-corrected chi connectivity index (χ0v) is 11.3. The van der Waals surface area contributed by atoms with Gasteiger partial charge in [-0.3, -0.25) is 9.48 Å². The molecule has 0 unspecified atom stereocenters. The molecule has 1 N–H and O–H groups in total. The van der Waals surface area contributed by atoms with Crippen molar-refractivity contribution in [2.24, 2.45) is 0 Å². The number of nitrogens with zero attached hydrogens (tertiary/aromatic N) is 2. The summed E-state index contributed by atoms with van der Waals surface area (Å²) in [4.78, 5) is 11.9. The summed E-state index contributed by atoms with van der Waals surface area (Å²) < 4.78 is 14.4. The Balaban J connectivity index is 1.59. The fourth-order valence-corrected chi connectivity index (χ4v) is 2.10. The number of rotatable bonds is 4. The molecule has 0 spiro atoms. The molecule has 0 saturated carbocycles. The Bertz CT molecular complexity index is 732. The lowest BCUT2D eigenvalue weighted by Crippen LogP contribution is -2.27. The van der Waals surface area contributed by atoms with E-state index in [2.05, 4.69) is 10.4 Å². The smallest absolute Gasteiger partial charge is 0.241 e. The van der Waals surface area contributed by atoms with E-state index in [1.807, 2.05) is 30.5 Å². The molecule has 1 heterocycles. The topological polar surface area (TPSA) is 46.9 Å². The molecule has 1 amide bonds. The van der Waals surface area contributed by atoms with Gasteiger partial charge >= 0.3 is 0 Å². The number of carbonyl (C=O) groups excluding carboxylic acids is 1. The van der Waals surface area contributed by atoms with Crippen molar-refractivity contribution in [1.82, 2.24) is 15.1 Å². The van der Waals surface area contributed by atoms with Crippen LogP contribution in [0.15, 0.2) is 54.7 Å². The van der Waals surface area contributed by atoms with Gasteiger partial charge in [-0.25, -0.2) is 4.39 Å². The van der Waals surface area contributed by atoms with Gasteiger partial charge in [0.1, 0.15) is 12.4 Å². The first kappa shape index (κ1) is 13.3. The molecule has 0 fully saturated rings. The molecule has 0 aliphatic heterocycles. The Morgan fingerprint density at radius 3 is 2.67 bits per heavy atom. The van der Waals surface area contributed by atoms with Crippen LogP contribution in [0.3, 0.4) is 0 Å². The molecule has 3 aromatic rings. The summed E-state index contributed by atoms with van der Waals surface area (Å²) in [5, 5.41) is 8.12. The highest BCUT2D eigenvalue weighted by atomic mass is 19.1. The molecule has 21 heavy (non-hydrogen) atoms. The van der Waals surface area contributed by atoms with E-state index in [1.54, 1.807) is 16.8 Å². The first-order valence-electron chi connectivity index (χ1n) is 6.64. The van der Waals surface area contributed by atoms with Gasteiger partial charge < -0.3 is 5.32 Å². The number of halogens is 1. The summed E-state index contributed by atoms with van der Waals surface area (Å²) in [6.45, 7) is 0.537. The van der Waals surface area contributed by atoms with Crippen molar-refractivity contribution in [3.8, 4) is 0 Å².